The largest absolute Gasteiger partial charge is 0.493 e. The molecule has 0 unspecified atom stereocenters. The van der Waals surface area contributed by atoms with Crippen LogP contribution >= 0.6 is 0 Å². The topological polar surface area (TPSA) is 58.6 Å². The first kappa shape index (κ1) is 19.7. The molecule has 0 heterocycles. The average molecular weight is 354 g/mol. The number of anilines is 1. The van der Waals surface area contributed by atoms with Gasteiger partial charge in [0.15, 0.2) is 5.78 Å². The molecule has 2 aromatic carbocycles. The molecule has 0 fully saturated rings. The Kier molecular flexibility index (Phi) is 7.36. The molecule has 0 aliphatic heterocycles. The summed E-state index contributed by atoms with van der Waals surface area (Å²) in [6.45, 7) is 5.18. The van der Waals surface area contributed by atoms with Crippen molar-refractivity contribution in [2.45, 2.75) is 20.3 Å². The minimum Gasteiger partial charge on any atom is -0.493 e. The van der Waals surface area contributed by atoms with Crippen LogP contribution in [0.25, 0.3) is 0 Å². The molecule has 26 heavy (non-hydrogen) atoms. The Balaban J connectivity index is 1.71. The monoisotopic (exact) mass is 354 g/mol. The number of carbonyl (C=O) groups excluding carboxylic acids is 2. The molecular weight excluding hydrogens is 328 g/mol. The molecule has 0 saturated heterocycles. The van der Waals surface area contributed by atoms with Gasteiger partial charge in [-0.15, -0.1) is 0 Å². The molecule has 0 radical (unpaired) electrons. The highest BCUT2D eigenvalue weighted by molar-refractivity contribution is 5.97. The Labute approximate surface area is 155 Å². The van der Waals surface area contributed by atoms with Crippen molar-refractivity contribution in [2.24, 2.45) is 0 Å². The van der Waals surface area contributed by atoms with Gasteiger partial charge in [0.2, 0.25) is 5.91 Å². The number of carbonyl (C=O) groups is 2. The summed E-state index contributed by atoms with van der Waals surface area (Å²) in [6.07, 6.45) is 0.831. The molecule has 0 atom stereocenters. The fourth-order valence-electron chi connectivity index (χ4n) is 2.58. The molecule has 5 heteroatoms. The van der Waals surface area contributed by atoms with Crippen LogP contribution in [-0.4, -0.2) is 43.3 Å². The number of benzene rings is 2. The lowest BCUT2D eigenvalue weighted by Gasteiger charge is -2.17. The van der Waals surface area contributed by atoms with Gasteiger partial charge in [0.05, 0.1) is 13.2 Å². The van der Waals surface area contributed by atoms with Crippen molar-refractivity contribution in [1.82, 2.24) is 4.90 Å². The van der Waals surface area contributed by atoms with Gasteiger partial charge in [0.25, 0.3) is 0 Å². The van der Waals surface area contributed by atoms with Crippen LogP contribution in [0.15, 0.2) is 48.5 Å². The lowest BCUT2D eigenvalue weighted by molar-refractivity contribution is -0.117. The minimum absolute atomic E-state index is 0.0214. The zero-order valence-corrected chi connectivity index (χ0v) is 15.6. The lowest BCUT2D eigenvalue weighted by Crippen LogP contribution is -2.31. The predicted molar refractivity (Wildman–Crippen MR) is 104 cm³/mol. The third-order valence-electron chi connectivity index (χ3n) is 4.00. The fourth-order valence-corrected chi connectivity index (χ4v) is 2.58. The lowest BCUT2D eigenvalue weighted by atomic mass is 10.1. The van der Waals surface area contributed by atoms with Crippen molar-refractivity contribution in [2.75, 3.05) is 32.1 Å². The van der Waals surface area contributed by atoms with Crippen LogP contribution in [0.2, 0.25) is 0 Å². The molecule has 5 nitrogen and oxygen atoms in total. The van der Waals surface area contributed by atoms with Gasteiger partial charge >= 0.3 is 0 Å². The predicted octanol–water partition coefficient (Wildman–Crippen LogP) is 3.54. The van der Waals surface area contributed by atoms with Crippen molar-refractivity contribution in [3.8, 4) is 5.75 Å². The molecule has 0 aromatic heterocycles. The van der Waals surface area contributed by atoms with E-state index in [9.17, 15) is 9.59 Å². The van der Waals surface area contributed by atoms with Crippen molar-refractivity contribution >= 4 is 17.4 Å². The summed E-state index contributed by atoms with van der Waals surface area (Å²) < 4.78 is 5.76. The SMILES string of the molecule is CC(=O)c1cccc(NC(=O)CN(C)CCCOc2ccccc2C)c1. The summed E-state index contributed by atoms with van der Waals surface area (Å²) in [5.74, 6) is 0.776. The van der Waals surface area contributed by atoms with E-state index >= 15 is 0 Å². The number of ketones is 1. The van der Waals surface area contributed by atoms with Gasteiger partial charge in [-0.25, -0.2) is 0 Å². The normalized spacial score (nSPS) is 10.6. The quantitative estimate of drug-likeness (QED) is 0.553. The maximum absolute atomic E-state index is 12.1. The number of likely N-dealkylation sites (N-methyl/N-ethyl adjacent to an activating group) is 1. The van der Waals surface area contributed by atoms with E-state index in [4.69, 9.17) is 4.74 Å². The van der Waals surface area contributed by atoms with Crippen LogP contribution in [0, 0.1) is 6.92 Å². The van der Waals surface area contributed by atoms with Gasteiger partial charge in [0.1, 0.15) is 5.75 Å². The fraction of sp³-hybridized carbons (Fsp3) is 0.333. The number of hydrogen-bond donors (Lipinski definition) is 1. The third kappa shape index (κ3) is 6.33. The van der Waals surface area contributed by atoms with E-state index in [0.29, 0.717) is 17.9 Å². The van der Waals surface area contributed by atoms with E-state index in [1.54, 1.807) is 24.3 Å². The van der Waals surface area contributed by atoms with E-state index in [-0.39, 0.29) is 18.2 Å². The van der Waals surface area contributed by atoms with Crippen LogP contribution in [0.1, 0.15) is 29.3 Å². The summed E-state index contributed by atoms with van der Waals surface area (Å²) in [5.41, 5.74) is 2.34. The van der Waals surface area contributed by atoms with E-state index in [0.717, 1.165) is 24.3 Å². The Morgan fingerprint density at radius 2 is 1.88 bits per heavy atom. The summed E-state index contributed by atoms with van der Waals surface area (Å²) >= 11 is 0. The summed E-state index contributed by atoms with van der Waals surface area (Å²) in [7, 11) is 1.90. The second-order valence-corrected chi connectivity index (χ2v) is 6.39. The Morgan fingerprint density at radius 1 is 1.12 bits per heavy atom. The van der Waals surface area contributed by atoms with Crippen LogP contribution in [0.5, 0.6) is 5.75 Å². The number of para-hydroxylation sites is 1. The maximum atomic E-state index is 12.1. The van der Waals surface area contributed by atoms with Crippen molar-refractivity contribution in [3.63, 3.8) is 0 Å². The highest BCUT2D eigenvalue weighted by atomic mass is 16.5. The van der Waals surface area contributed by atoms with Crippen molar-refractivity contribution in [3.05, 3.63) is 59.7 Å². The van der Waals surface area contributed by atoms with Crippen LogP contribution in [-0.2, 0) is 4.79 Å². The Morgan fingerprint density at radius 3 is 2.62 bits per heavy atom. The smallest absolute Gasteiger partial charge is 0.238 e. The van der Waals surface area contributed by atoms with Crippen LogP contribution in [0.3, 0.4) is 0 Å². The molecule has 1 amide bonds. The van der Waals surface area contributed by atoms with E-state index < -0.39 is 0 Å². The second-order valence-electron chi connectivity index (χ2n) is 6.39. The molecule has 0 aliphatic rings. The zero-order chi connectivity index (χ0) is 18.9. The molecule has 0 bridgehead atoms. The van der Waals surface area contributed by atoms with E-state index in [1.165, 1.54) is 6.92 Å². The van der Waals surface area contributed by atoms with Gasteiger partial charge in [-0.2, -0.15) is 0 Å². The first-order chi connectivity index (χ1) is 12.5. The van der Waals surface area contributed by atoms with Gasteiger partial charge in [0, 0.05) is 17.8 Å². The summed E-state index contributed by atoms with van der Waals surface area (Å²) in [4.78, 5) is 25.5. The van der Waals surface area contributed by atoms with E-state index in [1.807, 2.05) is 43.1 Å². The van der Waals surface area contributed by atoms with Crippen molar-refractivity contribution in [1.29, 1.82) is 0 Å². The van der Waals surface area contributed by atoms with E-state index in [2.05, 4.69) is 5.32 Å². The highest BCUT2D eigenvalue weighted by Gasteiger charge is 2.08. The molecular formula is C21H26N2O3. The number of amides is 1. The second kappa shape index (κ2) is 9.73. The third-order valence-corrected chi connectivity index (χ3v) is 4.00. The first-order valence-corrected chi connectivity index (χ1v) is 8.73. The number of aryl methyl sites for hydroxylation is 1. The number of hydrogen-bond acceptors (Lipinski definition) is 4. The minimum atomic E-state index is -0.104. The zero-order valence-electron chi connectivity index (χ0n) is 15.6. The molecule has 0 aliphatic carbocycles. The summed E-state index contributed by atoms with van der Waals surface area (Å²) in [6, 6.07) is 14.9. The van der Waals surface area contributed by atoms with Crippen LogP contribution < -0.4 is 10.1 Å². The number of rotatable bonds is 9. The molecule has 1 N–H and O–H groups in total. The van der Waals surface area contributed by atoms with Crippen LogP contribution in [0.4, 0.5) is 5.69 Å². The Hall–Kier alpha value is -2.66. The molecule has 138 valence electrons. The highest BCUT2D eigenvalue weighted by Crippen LogP contribution is 2.16. The van der Waals surface area contributed by atoms with Gasteiger partial charge in [-0.3, -0.25) is 14.5 Å². The number of nitrogens with one attached hydrogen (secondary N) is 1. The number of ether oxygens (including phenoxy) is 1. The standard InChI is InChI=1S/C21H26N2O3/c1-16-8-4-5-11-20(16)26-13-7-12-23(3)15-21(25)22-19-10-6-9-18(14-19)17(2)24/h4-6,8-11,14H,7,12-13,15H2,1-3H3,(H,22,25). The number of Topliss-reactive ketones (excluding diaryl/α,β-unsaturated/α-hetero) is 1. The molecule has 2 rings (SSSR count). The summed E-state index contributed by atoms with van der Waals surface area (Å²) in [5, 5.41) is 2.83. The number of nitrogens with zero attached hydrogens (tertiary/aromatic N) is 1. The first-order valence-electron chi connectivity index (χ1n) is 8.73. The maximum Gasteiger partial charge on any atom is 0.238 e. The average Bonchev–Trinajstić information content (AvgIpc) is 2.60. The molecule has 2 aromatic rings. The molecule has 0 spiro atoms. The van der Waals surface area contributed by atoms with Crippen molar-refractivity contribution < 1.29 is 14.3 Å². The van der Waals surface area contributed by atoms with Gasteiger partial charge in [-0.1, -0.05) is 30.3 Å². The Bertz CT molecular complexity index is 758. The van der Waals surface area contributed by atoms with Gasteiger partial charge in [-0.05, 0) is 51.1 Å². The van der Waals surface area contributed by atoms with Gasteiger partial charge < -0.3 is 10.1 Å². The molecule has 0 saturated carbocycles.